The van der Waals surface area contributed by atoms with E-state index < -0.39 is 11.8 Å². The Balaban J connectivity index is 1.68. The van der Waals surface area contributed by atoms with Crippen molar-refractivity contribution in [1.82, 2.24) is 0 Å². The molecule has 5 heteroatoms. The summed E-state index contributed by atoms with van der Waals surface area (Å²) in [6, 6.07) is 21.8. The van der Waals surface area contributed by atoms with Gasteiger partial charge < -0.3 is 9.47 Å². The summed E-state index contributed by atoms with van der Waals surface area (Å²) in [6.07, 6.45) is 1.98. The number of unbranched alkanes of at least 4 members (excludes halogenated alkanes) is 1. The van der Waals surface area contributed by atoms with Gasteiger partial charge in [-0.3, -0.25) is 9.59 Å². The van der Waals surface area contributed by atoms with Crippen LogP contribution in [0.15, 0.2) is 84.4 Å². The van der Waals surface area contributed by atoms with Crippen LogP contribution in [0.25, 0.3) is 5.57 Å². The van der Waals surface area contributed by atoms with E-state index in [-0.39, 0.29) is 33.8 Å². The Morgan fingerprint density at radius 2 is 1.34 bits per heavy atom. The molecule has 32 heavy (non-hydrogen) atoms. The van der Waals surface area contributed by atoms with Crippen LogP contribution in [0.3, 0.4) is 0 Å². The van der Waals surface area contributed by atoms with Gasteiger partial charge in [-0.25, -0.2) is 4.79 Å². The molecular formula is C27H22O5. The Morgan fingerprint density at radius 3 is 2.00 bits per heavy atom. The van der Waals surface area contributed by atoms with Crippen molar-refractivity contribution >= 4 is 23.1 Å². The van der Waals surface area contributed by atoms with Gasteiger partial charge in [0.2, 0.25) is 5.78 Å². The van der Waals surface area contributed by atoms with E-state index in [9.17, 15) is 14.4 Å². The third-order valence-electron chi connectivity index (χ3n) is 5.19. The average molecular weight is 426 g/mol. The highest BCUT2D eigenvalue weighted by Gasteiger charge is 2.37. The third-order valence-corrected chi connectivity index (χ3v) is 5.19. The zero-order valence-corrected chi connectivity index (χ0v) is 17.7. The smallest absolute Gasteiger partial charge is 0.348 e. The first-order valence-corrected chi connectivity index (χ1v) is 10.5. The number of carbonyl (C=O) groups excluding carboxylic acids is 3. The number of benzene rings is 3. The quantitative estimate of drug-likeness (QED) is 0.222. The van der Waals surface area contributed by atoms with Crippen molar-refractivity contribution in [2.24, 2.45) is 0 Å². The summed E-state index contributed by atoms with van der Waals surface area (Å²) in [6.45, 7) is 2.69. The van der Waals surface area contributed by atoms with Crippen LogP contribution in [-0.2, 0) is 4.79 Å². The van der Waals surface area contributed by atoms with Crippen LogP contribution >= 0.6 is 0 Å². The molecule has 0 amide bonds. The Bertz CT molecular complexity index is 1190. The fraction of sp³-hybridized carbons (Fsp3) is 0.148. The van der Waals surface area contributed by atoms with Gasteiger partial charge >= 0.3 is 5.97 Å². The summed E-state index contributed by atoms with van der Waals surface area (Å²) in [5, 5.41) is 0. The summed E-state index contributed by atoms with van der Waals surface area (Å²) in [4.78, 5) is 39.6. The van der Waals surface area contributed by atoms with Gasteiger partial charge in [-0.2, -0.15) is 0 Å². The van der Waals surface area contributed by atoms with Gasteiger partial charge in [0.1, 0.15) is 17.1 Å². The van der Waals surface area contributed by atoms with Crippen molar-refractivity contribution in [1.29, 1.82) is 0 Å². The monoisotopic (exact) mass is 426 g/mol. The molecule has 0 aromatic heterocycles. The van der Waals surface area contributed by atoms with Gasteiger partial charge in [-0.05, 0) is 36.2 Å². The standard InChI is InChI=1S/C27H22O5/c1-2-3-17-31-19-13-15-20(16-14-19)32-27(30)24-23(18-9-5-4-6-10-18)25(28)21-11-7-8-12-22(21)26(24)29/h4-16H,2-3,17H2,1H3. The molecule has 3 aromatic carbocycles. The van der Waals surface area contributed by atoms with Gasteiger partial charge in [0.25, 0.3) is 0 Å². The predicted molar refractivity (Wildman–Crippen MR) is 121 cm³/mol. The summed E-state index contributed by atoms with van der Waals surface area (Å²) in [5.74, 6) is -0.838. The van der Waals surface area contributed by atoms with Crippen LogP contribution < -0.4 is 9.47 Å². The van der Waals surface area contributed by atoms with E-state index in [2.05, 4.69) is 6.92 Å². The first-order chi connectivity index (χ1) is 15.6. The molecular weight excluding hydrogens is 404 g/mol. The lowest BCUT2D eigenvalue weighted by Gasteiger charge is -2.20. The number of allylic oxidation sites excluding steroid dienone is 1. The molecule has 160 valence electrons. The van der Waals surface area contributed by atoms with Crippen LogP contribution in [-0.4, -0.2) is 24.1 Å². The Morgan fingerprint density at radius 1 is 0.750 bits per heavy atom. The average Bonchev–Trinajstić information content (AvgIpc) is 2.83. The van der Waals surface area contributed by atoms with E-state index in [1.165, 1.54) is 0 Å². The van der Waals surface area contributed by atoms with E-state index in [1.54, 1.807) is 78.9 Å². The van der Waals surface area contributed by atoms with Crippen molar-refractivity contribution in [3.63, 3.8) is 0 Å². The second-order valence-corrected chi connectivity index (χ2v) is 7.38. The highest BCUT2D eigenvalue weighted by molar-refractivity contribution is 6.46. The molecule has 0 spiro atoms. The fourth-order valence-corrected chi connectivity index (χ4v) is 3.55. The molecule has 1 aliphatic carbocycles. The minimum absolute atomic E-state index is 0.0545. The number of ether oxygens (including phenoxy) is 2. The number of rotatable bonds is 7. The van der Waals surface area contributed by atoms with Crippen LogP contribution in [0, 0.1) is 0 Å². The summed E-state index contributed by atoms with van der Waals surface area (Å²) in [7, 11) is 0. The van der Waals surface area contributed by atoms with Gasteiger partial charge in [0, 0.05) is 16.7 Å². The van der Waals surface area contributed by atoms with Crippen molar-refractivity contribution in [3.05, 3.63) is 101 Å². The Kier molecular flexibility index (Phi) is 6.26. The maximum Gasteiger partial charge on any atom is 0.348 e. The summed E-state index contributed by atoms with van der Waals surface area (Å²) in [5.41, 5.74) is 0.763. The lowest BCUT2D eigenvalue weighted by molar-refractivity contribution is -0.129. The molecule has 0 atom stereocenters. The Hall–Kier alpha value is -3.99. The van der Waals surface area contributed by atoms with Crippen molar-refractivity contribution in [2.45, 2.75) is 19.8 Å². The van der Waals surface area contributed by atoms with Crippen LogP contribution in [0.5, 0.6) is 11.5 Å². The maximum absolute atomic E-state index is 13.3. The number of hydrogen-bond acceptors (Lipinski definition) is 5. The minimum atomic E-state index is -0.864. The van der Waals surface area contributed by atoms with E-state index >= 15 is 0 Å². The second-order valence-electron chi connectivity index (χ2n) is 7.38. The van der Waals surface area contributed by atoms with Crippen molar-refractivity contribution < 1.29 is 23.9 Å². The number of fused-ring (bicyclic) bond motifs is 1. The first-order valence-electron chi connectivity index (χ1n) is 10.5. The fourth-order valence-electron chi connectivity index (χ4n) is 3.55. The van der Waals surface area contributed by atoms with E-state index in [1.807, 2.05) is 0 Å². The van der Waals surface area contributed by atoms with Gasteiger partial charge in [-0.15, -0.1) is 0 Å². The minimum Gasteiger partial charge on any atom is -0.494 e. The van der Waals surface area contributed by atoms with Crippen LogP contribution in [0.2, 0.25) is 0 Å². The number of carbonyl (C=O) groups is 3. The molecule has 0 heterocycles. The molecule has 0 bridgehead atoms. The summed E-state index contributed by atoms with van der Waals surface area (Å²) < 4.78 is 11.1. The van der Waals surface area contributed by atoms with Crippen molar-refractivity contribution in [2.75, 3.05) is 6.61 Å². The van der Waals surface area contributed by atoms with Crippen molar-refractivity contribution in [3.8, 4) is 11.5 Å². The second kappa shape index (κ2) is 9.43. The lowest BCUT2D eigenvalue weighted by atomic mass is 9.81. The highest BCUT2D eigenvalue weighted by atomic mass is 16.5. The zero-order valence-electron chi connectivity index (χ0n) is 17.7. The Labute approximate surface area is 186 Å². The molecule has 0 saturated carbocycles. The number of Topliss-reactive ketones (excluding diaryl/α,β-unsaturated/α-hetero) is 2. The topological polar surface area (TPSA) is 69.7 Å². The molecule has 0 fully saturated rings. The zero-order chi connectivity index (χ0) is 22.5. The molecule has 0 radical (unpaired) electrons. The first kappa shape index (κ1) is 21.2. The number of hydrogen-bond donors (Lipinski definition) is 0. The molecule has 1 aliphatic rings. The lowest BCUT2D eigenvalue weighted by Crippen LogP contribution is -2.28. The molecule has 0 unspecified atom stereocenters. The largest absolute Gasteiger partial charge is 0.494 e. The molecule has 0 saturated heterocycles. The van der Waals surface area contributed by atoms with Gasteiger partial charge in [0.05, 0.1) is 6.61 Å². The van der Waals surface area contributed by atoms with Gasteiger partial charge in [-0.1, -0.05) is 67.9 Å². The molecule has 3 aromatic rings. The molecule has 4 rings (SSSR count). The van der Waals surface area contributed by atoms with E-state index in [0.717, 1.165) is 12.8 Å². The highest BCUT2D eigenvalue weighted by Crippen LogP contribution is 2.33. The normalized spacial score (nSPS) is 13.0. The van der Waals surface area contributed by atoms with Gasteiger partial charge in [0.15, 0.2) is 5.78 Å². The molecule has 5 nitrogen and oxygen atoms in total. The SMILES string of the molecule is CCCCOc1ccc(OC(=O)C2=C(c3ccccc3)C(=O)c3ccccc3C2=O)cc1. The third kappa shape index (κ3) is 4.23. The van der Waals surface area contributed by atoms with Crippen LogP contribution in [0.1, 0.15) is 46.0 Å². The maximum atomic E-state index is 13.3. The number of esters is 1. The molecule has 0 N–H and O–H groups in total. The van der Waals surface area contributed by atoms with Crippen LogP contribution in [0.4, 0.5) is 0 Å². The summed E-state index contributed by atoms with van der Waals surface area (Å²) >= 11 is 0. The molecule has 0 aliphatic heterocycles. The predicted octanol–water partition coefficient (Wildman–Crippen LogP) is 5.30. The van der Waals surface area contributed by atoms with E-state index in [4.69, 9.17) is 9.47 Å². The van der Waals surface area contributed by atoms with E-state index in [0.29, 0.717) is 17.9 Å². The number of ketones is 2.